The average Bonchev–Trinajstić information content (AvgIpc) is 2.28. The van der Waals surface area contributed by atoms with Crippen molar-refractivity contribution in [2.24, 2.45) is 5.92 Å². The van der Waals surface area contributed by atoms with Crippen LogP contribution >= 0.6 is 0 Å². The van der Waals surface area contributed by atoms with E-state index in [1.807, 2.05) is 0 Å². The van der Waals surface area contributed by atoms with Crippen LogP contribution < -0.4 is 5.32 Å². The summed E-state index contributed by atoms with van der Waals surface area (Å²) in [6.07, 6.45) is 0.153. The van der Waals surface area contributed by atoms with Gasteiger partial charge in [-0.05, 0) is 25.3 Å². The van der Waals surface area contributed by atoms with Gasteiger partial charge in [0.25, 0.3) is 0 Å². The monoisotopic (exact) mass is 233 g/mol. The molecule has 1 saturated heterocycles. The molecule has 2 atom stereocenters. The first-order valence-corrected chi connectivity index (χ1v) is 6.46. The van der Waals surface area contributed by atoms with Gasteiger partial charge < -0.3 is 10.1 Å². The molecule has 2 nitrogen and oxygen atoms in total. The highest BCUT2D eigenvalue weighted by Gasteiger charge is 2.37. The van der Waals surface area contributed by atoms with Gasteiger partial charge in [-0.1, -0.05) is 44.2 Å². The van der Waals surface area contributed by atoms with Crippen molar-refractivity contribution < 1.29 is 4.74 Å². The van der Waals surface area contributed by atoms with Crippen molar-refractivity contribution in [2.45, 2.75) is 45.4 Å². The van der Waals surface area contributed by atoms with Crippen molar-refractivity contribution >= 4 is 0 Å². The smallest absolute Gasteiger partial charge is 0.0988 e. The maximum Gasteiger partial charge on any atom is 0.0988 e. The van der Waals surface area contributed by atoms with Gasteiger partial charge in [0.05, 0.1) is 11.7 Å². The second-order valence-electron chi connectivity index (χ2n) is 5.86. The number of benzene rings is 1. The first-order valence-electron chi connectivity index (χ1n) is 6.46. The molecule has 1 aromatic carbocycles. The highest BCUT2D eigenvalue weighted by Crippen LogP contribution is 2.33. The Bertz CT molecular complexity index is 358. The fourth-order valence-electron chi connectivity index (χ4n) is 2.43. The van der Waals surface area contributed by atoms with Crippen LogP contribution in [0, 0.1) is 5.92 Å². The Balaban J connectivity index is 2.26. The SMILES string of the molecule is CC(C)C1NCC(C)(C)OC1c1ccccc1. The summed E-state index contributed by atoms with van der Waals surface area (Å²) < 4.78 is 6.27. The molecule has 1 N–H and O–H groups in total. The summed E-state index contributed by atoms with van der Waals surface area (Å²) in [6, 6.07) is 10.9. The second kappa shape index (κ2) is 4.79. The minimum Gasteiger partial charge on any atom is -0.365 e. The lowest BCUT2D eigenvalue weighted by Gasteiger charge is -2.44. The number of rotatable bonds is 2. The van der Waals surface area contributed by atoms with Crippen molar-refractivity contribution in [3.05, 3.63) is 35.9 Å². The predicted octanol–water partition coefficient (Wildman–Crippen LogP) is 3.15. The molecule has 0 bridgehead atoms. The van der Waals surface area contributed by atoms with E-state index in [4.69, 9.17) is 4.74 Å². The van der Waals surface area contributed by atoms with Crippen LogP contribution in [0.25, 0.3) is 0 Å². The van der Waals surface area contributed by atoms with E-state index in [2.05, 4.69) is 63.3 Å². The largest absolute Gasteiger partial charge is 0.365 e. The lowest BCUT2D eigenvalue weighted by atomic mass is 9.89. The third-order valence-corrected chi connectivity index (χ3v) is 3.38. The van der Waals surface area contributed by atoms with Crippen molar-refractivity contribution in [3.8, 4) is 0 Å². The summed E-state index contributed by atoms with van der Waals surface area (Å²) in [5, 5.41) is 3.63. The molecule has 1 aliphatic rings. The third-order valence-electron chi connectivity index (χ3n) is 3.38. The molecule has 2 rings (SSSR count). The zero-order valence-electron chi connectivity index (χ0n) is 11.2. The van der Waals surface area contributed by atoms with Gasteiger partial charge in [0, 0.05) is 12.6 Å². The van der Waals surface area contributed by atoms with Crippen LogP contribution in [0.3, 0.4) is 0 Å². The summed E-state index contributed by atoms with van der Waals surface area (Å²) in [7, 11) is 0. The van der Waals surface area contributed by atoms with Crippen molar-refractivity contribution in [2.75, 3.05) is 6.54 Å². The van der Waals surface area contributed by atoms with Crippen LogP contribution in [0.4, 0.5) is 0 Å². The van der Waals surface area contributed by atoms with Crippen LogP contribution in [-0.2, 0) is 4.74 Å². The molecule has 1 fully saturated rings. The lowest BCUT2D eigenvalue weighted by molar-refractivity contribution is -0.125. The van der Waals surface area contributed by atoms with Crippen LogP contribution in [0.15, 0.2) is 30.3 Å². The van der Waals surface area contributed by atoms with E-state index in [-0.39, 0.29) is 11.7 Å². The molecule has 1 aliphatic heterocycles. The van der Waals surface area contributed by atoms with E-state index in [9.17, 15) is 0 Å². The number of hydrogen-bond donors (Lipinski definition) is 1. The van der Waals surface area contributed by atoms with E-state index < -0.39 is 0 Å². The van der Waals surface area contributed by atoms with Gasteiger partial charge in [-0.15, -0.1) is 0 Å². The average molecular weight is 233 g/mol. The fourth-order valence-corrected chi connectivity index (χ4v) is 2.43. The molecule has 2 heteroatoms. The van der Waals surface area contributed by atoms with Crippen molar-refractivity contribution in [1.29, 1.82) is 0 Å². The van der Waals surface area contributed by atoms with Gasteiger partial charge in [-0.3, -0.25) is 0 Å². The van der Waals surface area contributed by atoms with Crippen molar-refractivity contribution in [1.82, 2.24) is 5.32 Å². The molecule has 0 aliphatic carbocycles. The summed E-state index contributed by atoms with van der Waals surface area (Å²) in [5.74, 6) is 0.566. The Kier molecular flexibility index (Phi) is 3.55. The van der Waals surface area contributed by atoms with Gasteiger partial charge in [0.2, 0.25) is 0 Å². The molecule has 0 aromatic heterocycles. The molecule has 17 heavy (non-hydrogen) atoms. The van der Waals surface area contributed by atoms with Crippen LogP contribution in [0.2, 0.25) is 0 Å². The third kappa shape index (κ3) is 2.88. The number of hydrogen-bond acceptors (Lipinski definition) is 2. The van der Waals surface area contributed by atoms with Gasteiger partial charge >= 0.3 is 0 Å². The van der Waals surface area contributed by atoms with Crippen LogP contribution in [-0.4, -0.2) is 18.2 Å². The normalized spacial score (nSPS) is 28.3. The first-order chi connectivity index (χ1) is 7.99. The zero-order chi connectivity index (χ0) is 12.5. The van der Waals surface area contributed by atoms with E-state index >= 15 is 0 Å². The molecule has 0 amide bonds. The quantitative estimate of drug-likeness (QED) is 0.847. The number of ether oxygens (including phenoxy) is 1. The predicted molar refractivity (Wildman–Crippen MR) is 71.0 cm³/mol. The summed E-state index contributed by atoms with van der Waals surface area (Å²) in [4.78, 5) is 0. The maximum absolute atomic E-state index is 6.27. The van der Waals surface area contributed by atoms with E-state index in [0.29, 0.717) is 12.0 Å². The summed E-state index contributed by atoms with van der Waals surface area (Å²) in [5.41, 5.74) is 1.18. The molecule has 94 valence electrons. The second-order valence-corrected chi connectivity index (χ2v) is 5.86. The van der Waals surface area contributed by atoms with E-state index in [1.54, 1.807) is 0 Å². The molecule has 1 aromatic rings. The first kappa shape index (κ1) is 12.6. The minimum absolute atomic E-state index is 0.0914. The molecule has 0 radical (unpaired) electrons. The number of nitrogens with one attached hydrogen (secondary N) is 1. The lowest BCUT2D eigenvalue weighted by Crippen LogP contribution is -2.54. The summed E-state index contributed by atoms with van der Waals surface area (Å²) in [6.45, 7) is 9.70. The highest BCUT2D eigenvalue weighted by molar-refractivity contribution is 5.20. The van der Waals surface area contributed by atoms with Gasteiger partial charge in [0.15, 0.2) is 0 Å². The molecule has 0 spiro atoms. The molecule has 0 saturated carbocycles. The molecule has 2 unspecified atom stereocenters. The zero-order valence-corrected chi connectivity index (χ0v) is 11.2. The standard InChI is InChI=1S/C15H23NO/c1-11(2)13-14(12-8-6-5-7-9-12)17-15(3,4)10-16-13/h5-9,11,13-14,16H,10H2,1-4H3. The van der Waals surface area contributed by atoms with E-state index in [1.165, 1.54) is 5.56 Å². The van der Waals surface area contributed by atoms with Crippen molar-refractivity contribution in [3.63, 3.8) is 0 Å². The van der Waals surface area contributed by atoms with Crippen LogP contribution in [0.5, 0.6) is 0 Å². The topological polar surface area (TPSA) is 21.3 Å². The van der Waals surface area contributed by atoms with Crippen LogP contribution in [0.1, 0.15) is 39.4 Å². The van der Waals surface area contributed by atoms with Gasteiger partial charge in [0.1, 0.15) is 0 Å². The number of morpholine rings is 1. The Morgan fingerprint density at radius 2 is 1.88 bits per heavy atom. The van der Waals surface area contributed by atoms with E-state index in [0.717, 1.165) is 6.54 Å². The maximum atomic E-state index is 6.27. The molecule has 1 heterocycles. The Morgan fingerprint density at radius 1 is 1.24 bits per heavy atom. The van der Waals surface area contributed by atoms with Gasteiger partial charge in [-0.2, -0.15) is 0 Å². The molecular formula is C15H23NO. The Labute approximate surface area is 104 Å². The fraction of sp³-hybridized carbons (Fsp3) is 0.600. The Morgan fingerprint density at radius 3 is 2.47 bits per heavy atom. The highest BCUT2D eigenvalue weighted by atomic mass is 16.5. The molecular weight excluding hydrogens is 210 g/mol. The Hall–Kier alpha value is -0.860. The minimum atomic E-state index is -0.0914. The summed E-state index contributed by atoms with van der Waals surface area (Å²) >= 11 is 0. The van der Waals surface area contributed by atoms with Gasteiger partial charge in [-0.25, -0.2) is 0 Å².